The molecule has 22 heavy (non-hydrogen) atoms. The summed E-state index contributed by atoms with van der Waals surface area (Å²) in [5, 5.41) is 0. The minimum Gasteiger partial charge on any atom is -0.493 e. The molecule has 1 heterocycles. The van der Waals surface area contributed by atoms with Crippen LogP contribution in [-0.4, -0.2) is 51.3 Å². The topological polar surface area (TPSA) is 48.0 Å². The van der Waals surface area contributed by atoms with E-state index in [0.29, 0.717) is 18.0 Å². The standard InChI is InChI=1S/C16H20BrNO4/c1-20-12-6-7-18(10-12)15(19)5-4-11-8-13(17)16(22-3)14(9-11)21-2/h4-5,8-9,12H,6-7,10H2,1-3H3/b5-4+. The molecule has 1 amide bonds. The van der Waals surface area contributed by atoms with Gasteiger partial charge in [-0.1, -0.05) is 0 Å². The van der Waals surface area contributed by atoms with Crippen molar-refractivity contribution in [2.75, 3.05) is 34.4 Å². The second kappa shape index (κ2) is 7.65. The van der Waals surface area contributed by atoms with Gasteiger partial charge in [-0.25, -0.2) is 0 Å². The van der Waals surface area contributed by atoms with E-state index in [4.69, 9.17) is 14.2 Å². The fourth-order valence-corrected chi connectivity index (χ4v) is 3.05. The zero-order valence-corrected chi connectivity index (χ0v) is 14.6. The fourth-order valence-electron chi connectivity index (χ4n) is 2.43. The molecule has 0 aromatic heterocycles. The normalized spacial score (nSPS) is 18.0. The number of nitrogens with zero attached hydrogens (tertiary/aromatic N) is 1. The third-order valence-corrected chi connectivity index (χ3v) is 4.25. The van der Waals surface area contributed by atoms with Gasteiger partial charge >= 0.3 is 0 Å². The molecule has 2 rings (SSSR count). The number of methoxy groups -OCH3 is 3. The van der Waals surface area contributed by atoms with Gasteiger partial charge in [0, 0.05) is 26.3 Å². The van der Waals surface area contributed by atoms with Crippen molar-refractivity contribution in [2.24, 2.45) is 0 Å². The molecule has 0 radical (unpaired) electrons. The molecule has 0 bridgehead atoms. The van der Waals surface area contributed by atoms with E-state index in [-0.39, 0.29) is 12.0 Å². The Morgan fingerprint density at radius 3 is 2.68 bits per heavy atom. The number of halogens is 1. The van der Waals surface area contributed by atoms with Gasteiger partial charge in [-0.3, -0.25) is 4.79 Å². The summed E-state index contributed by atoms with van der Waals surface area (Å²) in [7, 11) is 4.84. The number of ether oxygens (including phenoxy) is 3. The van der Waals surface area contributed by atoms with Crippen LogP contribution in [0, 0.1) is 0 Å². The van der Waals surface area contributed by atoms with E-state index in [9.17, 15) is 4.79 Å². The van der Waals surface area contributed by atoms with Crippen LogP contribution in [0.4, 0.5) is 0 Å². The second-order valence-electron chi connectivity index (χ2n) is 5.00. The predicted molar refractivity (Wildman–Crippen MR) is 88.3 cm³/mol. The molecule has 0 aliphatic carbocycles. The average molecular weight is 370 g/mol. The average Bonchev–Trinajstić information content (AvgIpc) is 3.01. The first-order valence-corrected chi connectivity index (χ1v) is 7.79. The SMILES string of the molecule is COc1cc(/C=C/C(=O)N2CCC(OC)C2)cc(Br)c1OC. The smallest absolute Gasteiger partial charge is 0.246 e. The highest BCUT2D eigenvalue weighted by molar-refractivity contribution is 9.10. The summed E-state index contributed by atoms with van der Waals surface area (Å²) in [6.07, 6.45) is 4.38. The molecular formula is C16H20BrNO4. The van der Waals surface area contributed by atoms with Crippen LogP contribution in [0.5, 0.6) is 11.5 Å². The Bertz CT molecular complexity index is 574. The van der Waals surface area contributed by atoms with Gasteiger partial charge in [-0.2, -0.15) is 0 Å². The molecular weight excluding hydrogens is 350 g/mol. The zero-order valence-electron chi connectivity index (χ0n) is 13.0. The number of hydrogen-bond donors (Lipinski definition) is 0. The molecule has 120 valence electrons. The van der Waals surface area contributed by atoms with Crippen molar-refractivity contribution < 1.29 is 19.0 Å². The highest BCUT2D eigenvalue weighted by Crippen LogP contribution is 2.36. The fraction of sp³-hybridized carbons (Fsp3) is 0.438. The van der Waals surface area contributed by atoms with Crippen molar-refractivity contribution in [1.29, 1.82) is 0 Å². The lowest BCUT2D eigenvalue weighted by molar-refractivity contribution is -0.125. The number of hydrogen-bond acceptors (Lipinski definition) is 4. The Balaban J connectivity index is 2.10. The number of carbonyl (C=O) groups is 1. The first-order chi connectivity index (χ1) is 10.6. The summed E-state index contributed by atoms with van der Waals surface area (Å²) in [5.74, 6) is 1.24. The quantitative estimate of drug-likeness (QED) is 0.748. The monoisotopic (exact) mass is 369 g/mol. The highest BCUT2D eigenvalue weighted by Gasteiger charge is 2.24. The van der Waals surface area contributed by atoms with Crippen LogP contribution in [0.1, 0.15) is 12.0 Å². The maximum Gasteiger partial charge on any atom is 0.246 e. The number of rotatable bonds is 5. The van der Waals surface area contributed by atoms with Crippen LogP contribution in [-0.2, 0) is 9.53 Å². The lowest BCUT2D eigenvalue weighted by atomic mass is 10.2. The molecule has 1 saturated heterocycles. The van der Waals surface area contributed by atoms with Crippen molar-refractivity contribution in [2.45, 2.75) is 12.5 Å². The molecule has 0 saturated carbocycles. The second-order valence-corrected chi connectivity index (χ2v) is 5.86. The van der Waals surface area contributed by atoms with Crippen LogP contribution < -0.4 is 9.47 Å². The third kappa shape index (κ3) is 3.81. The molecule has 0 N–H and O–H groups in total. The summed E-state index contributed by atoms with van der Waals surface area (Å²) >= 11 is 3.44. The van der Waals surface area contributed by atoms with Crippen LogP contribution in [0.3, 0.4) is 0 Å². The molecule has 1 aromatic rings. The van der Waals surface area contributed by atoms with Gasteiger partial charge in [-0.15, -0.1) is 0 Å². The van der Waals surface area contributed by atoms with Gasteiger partial charge in [0.2, 0.25) is 5.91 Å². The van der Waals surface area contributed by atoms with E-state index in [1.54, 1.807) is 38.4 Å². The van der Waals surface area contributed by atoms with E-state index in [2.05, 4.69) is 15.9 Å². The van der Waals surface area contributed by atoms with Crippen molar-refractivity contribution >= 4 is 27.9 Å². The summed E-state index contributed by atoms with van der Waals surface area (Å²) < 4.78 is 16.6. The van der Waals surface area contributed by atoms with Crippen molar-refractivity contribution in [3.8, 4) is 11.5 Å². The van der Waals surface area contributed by atoms with Crippen LogP contribution in [0.2, 0.25) is 0 Å². The van der Waals surface area contributed by atoms with E-state index < -0.39 is 0 Å². The highest BCUT2D eigenvalue weighted by atomic mass is 79.9. The Morgan fingerprint density at radius 1 is 1.32 bits per heavy atom. The van der Waals surface area contributed by atoms with Crippen molar-refractivity contribution in [3.63, 3.8) is 0 Å². The lowest BCUT2D eigenvalue weighted by Gasteiger charge is -2.13. The van der Waals surface area contributed by atoms with E-state index in [0.717, 1.165) is 23.0 Å². The Kier molecular flexibility index (Phi) is 5.85. The van der Waals surface area contributed by atoms with Crippen molar-refractivity contribution in [1.82, 2.24) is 4.90 Å². The zero-order chi connectivity index (χ0) is 16.1. The summed E-state index contributed by atoms with van der Waals surface area (Å²) in [5.41, 5.74) is 0.861. The van der Waals surface area contributed by atoms with E-state index >= 15 is 0 Å². The number of likely N-dealkylation sites (tertiary alicyclic amines) is 1. The molecule has 1 aromatic carbocycles. The summed E-state index contributed by atoms with van der Waals surface area (Å²) in [6, 6.07) is 3.71. The summed E-state index contributed by atoms with van der Waals surface area (Å²) in [6.45, 7) is 1.38. The van der Waals surface area contributed by atoms with Crippen LogP contribution in [0.15, 0.2) is 22.7 Å². The maximum absolute atomic E-state index is 12.2. The van der Waals surface area contributed by atoms with Gasteiger partial charge in [0.05, 0.1) is 24.8 Å². The summed E-state index contributed by atoms with van der Waals surface area (Å²) in [4.78, 5) is 14.0. The van der Waals surface area contributed by atoms with E-state index in [1.165, 1.54) is 0 Å². The molecule has 6 heteroatoms. The molecule has 1 atom stereocenters. The largest absolute Gasteiger partial charge is 0.493 e. The molecule has 1 unspecified atom stereocenters. The first-order valence-electron chi connectivity index (χ1n) is 7.00. The minimum atomic E-state index is -0.00884. The number of benzene rings is 1. The van der Waals surface area contributed by atoms with Gasteiger partial charge in [-0.05, 0) is 46.1 Å². The number of carbonyl (C=O) groups excluding carboxylic acids is 1. The van der Waals surface area contributed by atoms with Gasteiger partial charge in [0.15, 0.2) is 11.5 Å². The first kappa shape index (κ1) is 16.8. The van der Waals surface area contributed by atoms with Gasteiger partial charge in [0.1, 0.15) is 0 Å². The minimum absolute atomic E-state index is 0.00884. The molecule has 5 nitrogen and oxygen atoms in total. The van der Waals surface area contributed by atoms with Crippen LogP contribution in [0.25, 0.3) is 6.08 Å². The van der Waals surface area contributed by atoms with Gasteiger partial charge < -0.3 is 19.1 Å². The predicted octanol–water partition coefficient (Wildman–Crippen LogP) is 2.73. The van der Waals surface area contributed by atoms with Gasteiger partial charge in [0.25, 0.3) is 0 Å². The van der Waals surface area contributed by atoms with Crippen LogP contribution >= 0.6 is 15.9 Å². The molecule has 0 spiro atoms. The Hall–Kier alpha value is -1.53. The third-order valence-electron chi connectivity index (χ3n) is 3.66. The molecule has 1 fully saturated rings. The van der Waals surface area contributed by atoms with E-state index in [1.807, 2.05) is 12.1 Å². The lowest BCUT2D eigenvalue weighted by Crippen LogP contribution is -2.28. The molecule has 1 aliphatic rings. The Labute approximate surface area is 139 Å². The maximum atomic E-state index is 12.2. The molecule has 1 aliphatic heterocycles. The Morgan fingerprint density at radius 2 is 2.09 bits per heavy atom. The number of amides is 1. The van der Waals surface area contributed by atoms with Crippen molar-refractivity contribution in [3.05, 3.63) is 28.2 Å².